The van der Waals surface area contributed by atoms with Crippen LogP contribution >= 0.6 is 0 Å². The second-order valence-electron chi connectivity index (χ2n) is 9.37. The van der Waals surface area contributed by atoms with E-state index < -0.39 is 28.5 Å². The molecule has 0 radical (unpaired) electrons. The number of carbonyl (C=O) groups excluding carboxylic acids is 2. The van der Waals surface area contributed by atoms with E-state index in [9.17, 15) is 18.0 Å². The van der Waals surface area contributed by atoms with Crippen LogP contribution in [0.5, 0.6) is 0 Å². The number of sulfonamides is 1. The van der Waals surface area contributed by atoms with Gasteiger partial charge in [0.25, 0.3) is 10.0 Å². The second-order valence-corrected chi connectivity index (χ2v) is 11.2. The highest BCUT2D eigenvalue weighted by molar-refractivity contribution is 7.92. The number of likely N-dealkylation sites (N-methyl/N-ethyl adjacent to an activating group) is 1. The van der Waals surface area contributed by atoms with Crippen LogP contribution in [0.4, 0.5) is 5.69 Å². The summed E-state index contributed by atoms with van der Waals surface area (Å²) >= 11 is 0. The number of hydrogen-bond acceptors (Lipinski definition) is 4. The first-order chi connectivity index (χ1) is 18.1. The highest BCUT2D eigenvalue weighted by Crippen LogP contribution is 2.29. The number of amides is 2. The Hall–Kier alpha value is -3.65. The van der Waals surface area contributed by atoms with Crippen molar-refractivity contribution in [3.05, 3.63) is 95.1 Å². The summed E-state index contributed by atoms with van der Waals surface area (Å²) in [4.78, 5) is 28.6. The molecule has 0 aromatic heterocycles. The fourth-order valence-corrected chi connectivity index (χ4v) is 5.83. The lowest BCUT2D eigenvalue weighted by Gasteiger charge is -2.33. The number of rotatable bonds is 11. The molecule has 0 spiro atoms. The molecule has 0 saturated carbocycles. The highest BCUT2D eigenvalue weighted by atomic mass is 32.2. The van der Waals surface area contributed by atoms with Crippen molar-refractivity contribution in [2.75, 3.05) is 17.4 Å². The number of anilines is 1. The van der Waals surface area contributed by atoms with Gasteiger partial charge in [-0.3, -0.25) is 13.9 Å². The molecule has 0 fully saturated rings. The van der Waals surface area contributed by atoms with Crippen molar-refractivity contribution in [3.8, 4) is 0 Å². The lowest BCUT2D eigenvalue weighted by molar-refractivity contribution is -0.140. The minimum Gasteiger partial charge on any atom is -0.355 e. The van der Waals surface area contributed by atoms with Crippen molar-refractivity contribution in [2.45, 2.75) is 58.5 Å². The van der Waals surface area contributed by atoms with Crippen LogP contribution < -0.4 is 9.62 Å². The molecule has 2 amide bonds. The molecule has 3 aromatic rings. The fraction of sp³-hybridized carbons (Fsp3) is 0.333. The van der Waals surface area contributed by atoms with Gasteiger partial charge in [-0.05, 0) is 69.0 Å². The lowest BCUT2D eigenvalue weighted by Crippen LogP contribution is -2.52. The molecule has 38 heavy (non-hydrogen) atoms. The molecule has 0 aliphatic heterocycles. The van der Waals surface area contributed by atoms with Crippen molar-refractivity contribution < 1.29 is 18.0 Å². The molecule has 0 saturated heterocycles. The van der Waals surface area contributed by atoms with Crippen LogP contribution in [-0.4, -0.2) is 44.3 Å². The molecular weight excluding hydrogens is 498 g/mol. The van der Waals surface area contributed by atoms with E-state index >= 15 is 0 Å². The van der Waals surface area contributed by atoms with Crippen LogP contribution in [0, 0.1) is 20.8 Å². The number of carbonyl (C=O) groups is 2. The summed E-state index contributed by atoms with van der Waals surface area (Å²) in [5.41, 5.74) is 4.05. The maximum Gasteiger partial charge on any atom is 0.264 e. The summed E-state index contributed by atoms with van der Waals surface area (Å²) in [5.74, 6) is -0.719. The molecule has 0 unspecified atom stereocenters. The molecule has 7 nitrogen and oxygen atoms in total. The SMILES string of the molecule is CCNC(=O)[C@@H](CC)N(Cc1ccc(C)cc1)C(=O)CN(c1cccc(C)c1C)S(=O)(=O)c1ccccc1. The number of aryl methyl sites for hydroxylation is 2. The van der Waals surface area contributed by atoms with Crippen molar-refractivity contribution in [1.82, 2.24) is 10.2 Å². The normalized spacial score (nSPS) is 12.0. The van der Waals surface area contributed by atoms with Crippen LogP contribution in [0.2, 0.25) is 0 Å². The van der Waals surface area contributed by atoms with Gasteiger partial charge in [-0.2, -0.15) is 0 Å². The minimum atomic E-state index is -4.08. The van der Waals surface area contributed by atoms with Gasteiger partial charge in [0.2, 0.25) is 11.8 Å². The highest BCUT2D eigenvalue weighted by Gasteiger charge is 2.34. The Bertz CT molecular complexity index is 1360. The van der Waals surface area contributed by atoms with Gasteiger partial charge in [0, 0.05) is 13.1 Å². The molecule has 1 atom stereocenters. The molecule has 1 N–H and O–H groups in total. The van der Waals surface area contributed by atoms with E-state index in [1.807, 2.05) is 65.0 Å². The van der Waals surface area contributed by atoms with Gasteiger partial charge in [-0.15, -0.1) is 0 Å². The number of nitrogens with zero attached hydrogens (tertiary/aromatic N) is 2. The first kappa shape index (κ1) is 28.9. The third kappa shape index (κ3) is 6.61. The van der Waals surface area contributed by atoms with Crippen molar-refractivity contribution in [2.24, 2.45) is 0 Å². The standard InChI is InChI=1S/C30H37N3O4S/c1-6-27(30(35)31-7-2)32(20-25-18-16-22(3)17-19-25)29(34)21-33(28-15-11-12-23(4)24(28)5)38(36,37)26-13-9-8-10-14-26/h8-19,27H,6-7,20-21H2,1-5H3,(H,31,35)/t27-/m1/s1. The number of nitrogens with one attached hydrogen (secondary N) is 1. The lowest BCUT2D eigenvalue weighted by atomic mass is 10.1. The van der Waals surface area contributed by atoms with Gasteiger partial charge in [0.15, 0.2) is 0 Å². The van der Waals surface area contributed by atoms with Gasteiger partial charge in [-0.25, -0.2) is 8.42 Å². The third-order valence-corrected chi connectivity index (χ3v) is 8.44. The van der Waals surface area contributed by atoms with E-state index in [1.54, 1.807) is 30.3 Å². The smallest absolute Gasteiger partial charge is 0.264 e. The largest absolute Gasteiger partial charge is 0.355 e. The zero-order valence-electron chi connectivity index (χ0n) is 22.8. The number of hydrogen-bond donors (Lipinski definition) is 1. The average molecular weight is 536 g/mol. The third-order valence-electron chi connectivity index (χ3n) is 6.67. The Morgan fingerprint density at radius 3 is 2.13 bits per heavy atom. The van der Waals surface area contributed by atoms with E-state index in [-0.39, 0.29) is 17.3 Å². The Balaban J connectivity index is 2.09. The monoisotopic (exact) mass is 535 g/mol. The van der Waals surface area contributed by atoms with Crippen LogP contribution in [0.3, 0.4) is 0 Å². The topological polar surface area (TPSA) is 86.8 Å². The molecule has 0 aliphatic rings. The van der Waals surface area contributed by atoms with Crippen LogP contribution in [-0.2, 0) is 26.2 Å². The minimum absolute atomic E-state index is 0.0922. The van der Waals surface area contributed by atoms with Gasteiger partial charge in [-0.1, -0.05) is 67.1 Å². The summed E-state index contributed by atoms with van der Waals surface area (Å²) in [6.45, 7) is 9.57. The molecule has 8 heteroatoms. The molecular formula is C30H37N3O4S. The summed E-state index contributed by atoms with van der Waals surface area (Å²) < 4.78 is 29.0. The maximum atomic E-state index is 14.0. The van der Waals surface area contributed by atoms with Gasteiger partial charge in [0.1, 0.15) is 12.6 Å². The Morgan fingerprint density at radius 2 is 1.53 bits per heavy atom. The van der Waals surface area contributed by atoms with E-state index in [2.05, 4.69) is 5.32 Å². The zero-order valence-corrected chi connectivity index (χ0v) is 23.6. The average Bonchev–Trinajstić information content (AvgIpc) is 2.90. The summed E-state index contributed by atoms with van der Waals surface area (Å²) in [6, 6.07) is 20.5. The van der Waals surface area contributed by atoms with E-state index in [4.69, 9.17) is 0 Å². The number of benzene rings is 3. The first-order valence-electron chi connectivity index (χ1n) is 12.9. The second kappa shape index (κ2) is 12.7. The first-order valence-corrected chi connectivity index (χ1v) is 14.3. The quantitative estimate of drug-likeness (QED) is 0.384. The summed E-state index contributed by atoms with van der Waals surface area (Å²) in [6.07, 6.45) is 0.387. The molecule has 0 aliphatic carbocycles. The molecule has 3 rings (SSSR count). The molecule has 0 bridgehead atoms. The summed E-state index contributed by atoms with van der Waals surface area (Å²) in [7, 11) is -4.08. The Kier molecular flexibility index (Phi) is 9.69. The van der Waals surface area contributed by atoms with E-state index in [0.29, 0.717) is 18.7 Å². The van der Waals surface area contributed by atoms with E-state index in [0.717, 1.165) is 22.3 Å². The fourth-order valence-electron chi connectivity index (χ4n) is 4.34. The molecule has 202 valence electrons. The van der Waals surface area contributed by atoms with Gasteiger partial charge >= 0.3 is 0 Å². The Labute approximate surface area is 226 Å². The zero-order chi connectivity index (χ0) is 27.9. The van der Waals surface area contributed by atoms with E-state index in [1.165, 1.54) is 21.3 Å². The predicted octanol–water partition coefficient (Wildman–Crippen LogP) is 4.75. The van der Waals surface area contributed by atoms with Crippen molar-refractivity contribution in [1.29, 1.82) is 0 Å². The predicted molar refractivity (Wildman–Crippen MR) is 151 cm³/mol. The molecule has 0 heterocycles. The van der Waals surface area contributed by atoms with Crippen LogP contribution in [0.1, 0.15) is 42.5 Å². The van der Waals surface area contributed by atoms with Crippen LogP contribution in [0.25, 0.3) is 0 Å². The summed E-state index contributed by atoms with van der Waals surface area (Å²) in [5, 5.41) is 2.82. The van der Waals surface area contributed by atoms with Crippen LogP contribution in [0.15, 0.2) is 77.7 Å². The molecule has 3 aromatic carbocycles. The van der Waals surface area contributed by atoms with Gasteiger partial charge in [0.05, 0.1) is 10.6 Å². The Morgan fingerprint density at radius 1 is 0.868 bits per heavy atom. The maximum absolute atomic E-state index is 14.0. The van der Waals surface area contributed by atoms with Crippen molar-refractivity contribution in [3.63, 3.8) is 0 Å². The van der Waals surface area contributed by atoms with Gasteiger partial charge < -0.3 is 10.2 Å². The van der Waals surface area contributed by atoms with Crippen molar-refractivity contribution >= 4 is 27.5 Å².